The van der Waals surface area contributed by atoms with E-state index in [1.54, 1.807) is 18.5 Å². The summed E-state index contributed by atoms with van der Waals surface area (Å²) >= 11 is 1.01. The number of hydrogen-bond donors (Lipinski definition) is 2. The number of pyridine rings is 1. The summed E-state index contributed by atoms with van der Waals surface area (Å²) < 4.78 is 51.8. The van der Waals surface area contributed by atoms with Gasteiger partial charge in [-0.25, -0.2) is 18.2 Å². The van der Waals surface area contributed by atoms with Gasteiger partial charge in [-0.05, 0) is 30.3 Å². The second kappa shape index (κ2) is 7.76. The summed E-state index contributed by atoms with van der Waals surface area (Å²) in [6.45, 7) is 0. The molecular formula is C19H11F3N4O2S. The first kappa shape index (κ1) is 18.7. The number of aromatic nitrogens is 3. The van der Waals surface area contributed by atoms with E-state index in [2.05, 4.69) is 19.7 Å². The number of rotatable bonds is 5. The van der Waals surface area contributed by atoms with E-state index in [4.69, 9.17) is 4.74 Å². The van der Waals surface area contributed by atoms with E-state index in [1.165, 1.54) is 6.20 Å². The quantitative estimate of drug-likeness (QED) is 0.480. The number of aromatic amines is 1. The molecule has 6 nitrogen and oxygen atoms in total. The number of H-pyrrole nitrogens is 1. The lowest BCUT2D eigenvalue weighted by Gasteiger charge is -2.09. The minimum absolute atomic E-state index is 0.233. The smallest absolute Gasteiger partial charge is 0.274 e. The number of nitrogens with one attached hydrogen (secondary N) is 2. The van der Waals surface area contributed by atoms with Gasteiger partial charge in [0.1, 0.15) is 40.3 Å². The monoisotopic (exact) mass is 416 g/mol. The number of hydrogen-bond acceptors (Lipinski definition) is 5. The van der Waals surface area contributed by atoms with Crippen LogP contribution in [-0.2, 0) is 0 Å². The largest absolute Gasteiger partial charge is 0.441 e. The number of nitrogens with zero attached hydrogens (tertiary/aromatic N) is 2. The molecule has 0 saturated heterocycles. The van der Waals surface area contributed by atoms with Crippen LogP contribution in [0.3, 0.4) is 0 Å². The highest BCUT2D eigenvalue weighted by Crippen LogP contribution is 2.33. The maximum atomic E-state index is 14.2. The minimum atomic E-state index is -0.988. The Bertz CT molecular complexity index is 1160. The third-order valence-electron chi connectivity index (χ3n) is 3.84. The third-order valence-corrected chi connectivity index (χ3v) is 4.52. The SMILES string of the molecule is O=C(Nc1cnsc1Oc1cc[nH]c1)c1ccc(F)c(-c2c(F)cccc2F)n1. The van der Waals surface area contributed by atoms with Crippen LogP contribution in [0, 0.1) is 17.5 Å². The fourth-order valence-corrected chi connectivity index (χ4v) is 3.11. The molecule has 2 N–H and O–H groups in total. The van der Waals surface area contributed by atoms with Gasteiger partial charge in [0, 0.05) is 23.9 Å². The molecule has 1 aromatic carbocycles. The highest BCUT2D eigenvalue weighted by atomic mass is 32.1. The van der Waals surface area contributed by atoms with Crippen molar-refractivity contribution in [2.45, 2.75) is 0 Å². The van der Waals surface area contributed by atoms with Crippen molar-refractivity contribution in [2.24, 2.45) is 0 Å². The first-order chi connectivity index (χ1) is 14.0. The van der Waals surface area contributed by atoms with Crippen LogP contribution in [0.5, 0.6) is 10.8 Å². The molecule has 0 bridgehead atoms. The van der Waals surface area contributed by atoms with Gasteiger partial charge < -0.3 is 15.0 Å². The van der Waals surface area contributed by atoms with Crippen LogP contribution in [0.2, 0.25) is 0 Å². The lowest BCUT2D eigenvalue weighted by molar-refractivity contribution is 0.102. The van der Waals surface area contributed by atoms with Crippen LogP contribution in [0.25, 0.3) is 11.3 Å². The van der Waals surface area contributed by atoms with E-state index in [-0.39, 0.29) is 11.4 Å². The van der Waals surface area contributed by atoms with Gasteiger partial charge in [-0.3, -0.25) is 4.79 Å². The fourth-order valence-electron chi connectivity index (χ4n) is 2.52. The van der Waals surface area contributed by atoms with Crippen LogP contribution in [0.15, 0.2) is 55.0 Å². The van der Waals surface area contributed by atoms with Crippen molar-refractivity contribution in [3.63, 3.8) is 0 Å². The highest BCUT2D eigenvalue weighted by Gasteiger charge is 2.20. The number of benzene rings is 1. The molecule has 4 aromatic rings. The van der Waals surface area contributed by atoms with Crippen molar-refractivity contribution >= 4 is 23.1 Å². The summed E-state index contributed by atoms with van der Waals surface area (Å²) in [7, 11) is 0. The van der Waals surface area contributed by atoms with Gasteiger partial charge in [-0.15, -0.1) is 0 Å². The number of ether oxygens (including phenoxy) is 1. The summed E-state index contributed by atoms with van der Waals surface area (Å²) in [6, 6.07) is 6.83. The first-order valence-corrected chi connectivity index (χ1v) is 8.98. The Morgan fingerprint density at radius 1 is 1.07 bits per heavy atom. The molecule has 0 aliphatic carbocycles. The van der Waals surface area contributed by atoms with Gasteiger partial charge in [0.25, 0.3) is 5.91 Å². The fraction of sp³-hybridized carbons (Fsp3) is 0. The molecule has 0 aliphatic rings. The predicted molar refractivity (Wildman–Crippen MR) is 100 cm³/mol. The van der Waals surface area contributed by atoms with Crippen LogP contribution >= 0.6 is 11.5 Å². The maximum Gasteiger partial charge on any atom is 0.274 e. The van der Waals surface area contributed by atoms with Gasteiger partial charge in [-0.2, -0.15) is 4.37 Å². The normalized spacial score (nSPS) is 10.7. The number of carbonyl (C=O) groups excluding carboxylic acids is 1. The maximum absolute atomic E-state index is 14.2. The second-order valence-corrected chi connectivity index (χ2v) is 6.52. The summed E-state index contributed by atoms with van der Waals surface area (Å²) in [6.07, 6.45) is 4.66. The summed E-state index contributed by atoms with van der Waals surface area (Å²) in [5.41, 5.74) is -1.21. The van der Waals surface area contributed by atoms with Crippen molar-refractivity contribution in [3.8, 4) is 22.1 Å². The van der Waals surface area contributed by atoms with E-state index in [0.717, 1.165) is 41.9 Å². The molecule has 1 amide bonds. The van der Waals surface area contributed by atoms with Gasteiger partial charge in [0.15, 0.2) is 0 Å². The topological polar surface area (TPSA) is 79.9 Å². The zero-order valence-electron chi connectivity index (χ0n) is 14.4. The lowest BCUT2D eigenvalue weighted by Crippen LogP contribution is -2.14. The Kier molecular flexibility index (Phi) is 5.00. The minimum Gasteiger partial charge on any atom is -0.441 e. The molecule has 3 heterocycles. The van der Waals surface area contributed by atoms with Crippen molar-refractivity contribution < 1.29 is 22.7 Å². The van der Waals surface area contributed by atoms with Crippen LogP contribution in [0.1, 0.15) is 10.5 Å². The van der Waals surface area contributed by atoms with E-state index >= 15 is 0 Å². The Labute approximate surface area is 166 Å². The van der Waals surface area contributed by atoms with Crippen molar-refractivity contribution in [1.29, 1.82) is 0 Å². The number of halogens is 3. The molecule has 0 unspecified atom stereocenters. The Balaban J connectivity index is 1.62. The molecule has 146 valence electrons. The first-order valence-electron chi connectivity index (χ1n) is 8.20. The average Bonchev–Trinajstić information content (AvgIpc) is 3.36. The van der Waals surface area contributed by atoms with E-state index in [1.807, 2.05) is 0 Å². The second-order valence-electron chi connectivity index (χ2n) is 5.75. The molecule has 3 aromatic heterocycles. The van der Waals surface area contributed by atoms with Crippen molar-refractivity contribution in [3.05, 3.63) is 78.1 Å². The number of anilines is 1. The Morgan fingerprint density at radius 3 is 2.59 bits per heavy atom. The summed E-state index contributed by atoms with van der Waals surface area (Å²) in [5.74, 6) is -3.14. The zero-order chi connectivity index (χ0) is 20.4. The Hall–Kier alpha value is -3.66. The highest BCUT2D eigenvalue weighted by molar-refractivity contribution is 7.08. The van der Waals surface area contributed by atoms with E-state index in [0.29, 0.717) is 10.8 Å². The molecule has 0 saturated carbocycles. The van der Waals surface area contributed by atoms with Gasteiger partial charge in [-0.1, -0.05) is 6.07 Å². The molecule has 4 rings (SSSR count). The lowest BCUT2D eigenvalue weighted by atomic mass is 10.1. The summed E-state index contributed by atoms with van der Waals surface area (Å²) in [4.78, 5) is 19.2. The van der Waals surface area contributed by atoms with Crippen molar-refractivity contribution in [2.75, 3.05) is 5.32 Å². The third kappa shape index (κ3) is 3.83. The van der Waals surface area contributed by atoms with Gasteiger partial charge in [0.2, 0.25) is 5.06 Å². The molecular weight excluding hydrogens is 405 g/mol. The average molecular weight is 416 g/mol. The molecule has 0 aliphatic heterocycles. The molecule has 0 radical (unpaired) electrons. The summed E-state index contributed by atoms with van der Waals surface area (Å²) in [5, 5.41) is 2.87. The predicted octanol–water partition coefficient (Wildman–Crippen LogP) is 5.00. The number of amides is 1. The Morgan fingerprint density at radius 2 is 1.86 bits per heavy atom. The molecule has 0 spiro atoms. The molecule has 29 heavy (non-hydrogen) atoms. The standard InChI is InChI=1S/C19H11F3N4O2S/c20-11-2-1-3-12(21)16(11)17-13(22)4-5-14(25-17)18(27)26-15-9-24-29-19(15)28-10-6-7-23-8-10/h1-9,23H,(H,26,27). The van der Waals surface area contributed by atoms with Crippen LogP contribution < -0.4 is 10.1 Å². The number of carbonyl (C=O) groups is 1. The van der Waals surface area contributed by atoms with Gasteiger partial charge in [0.05, 0.1) is 11.8 Å². The van der Waals surface area contributed by atoms with Crippen LogP contribution in [0.4, 0.5) is 18.9 Å². The zero-order valence-corrected chi connectivity index (χ0v) is 15.3. The van der Waals surface area contributed by atoms with Crippen molar-refractivity contribution in [1.82, 2.24) is 14.3 Å². The van der Waals surface area contributed by atoms with Crippen LogP contribution in [-0.4, -0.2) is 20.2 Å². The van der Waals surface area contributed by atoms with E-state index < -0.39 is 34.6 Å². The molecule has 0 atom stereocenters. The molecule has 10 heteroatoms. The van der Waals surface area contributed by atoms with Gasteiger partial charge >= 0.3 is 0 Å². The van der Waals surface area contributed by atoms with E-state index in [9.17, 15) is 18.0 Å². The molecule has 0 fully saturated rings.